The molecule has 0 heterocycles. The first-order valence-corrected chi connectivity index (χ1v) is 6.26. The summed E-state index contributed by atoms with van der Waals surface area (Å²) in [4.78, 5) is 1.34. The van der Waals surface area contributed by atoms with Crippen molar-refractivity contribution in [2.45, 2.75) is 24.7 Å². The van der Waals surface area contributed by atoms with Crippen LogP contribution in [0.1, 0.15) is 19.8 Å². The molecule has 0 nitrogen and oxygen atoms in total. The van der Waals surface area contributed by atoms with Crippen LogP contribution in [-0.4, -0.2) is 5.75 Å². The molecule has 0 unspecified atom stereocenters. The van der Waals surface area contributed by atoms with Crippen LogP contribution in [0.2, 0.25) is 0 Å². The molecule has 0 atom stereocenters. The molecule has 0 spiro atoms. The van der Waals surface area contributed by atoms with Crippen molar-refractivity contribution in [2.75, 3.05) is 5.75 Å². The van der Waals surface area contributed by atoms with Gasteiger partial charge in [-0.3, -0.25) is 0 Å². The maximum Gasteiger partial charge on any atom is 0.0163 e. The van der Waals surface area contributed by atoms with Crippen molar-refractivity contribution in [3.63, 3.8) is 0 Å². The molecule has 1 rings (SSSR count). The van der Waals surface area contributed by atoms with Gasteiger partial charge in [0.05, 0.1) is 0 Å². The topological polar surface area (TPSA) is 0 Å². The van der Waals surface area contributed by atoms with Gasteiger partial charge in [0.2, 0.25) is 0 Å². The molecule has 1 aromatic carbocycles. The summed E-state index contributed by atoms with van der Waals surface area (Å²) < 4.78 is 0. The molecule has 0 radical (unpaired) electrons. The second-order valence-corrected chi connectivity index (χ2v) is 4.60. The van der Waals surface area contributed by atoms with Gasteiger partial charge in [0.1, 0.15) is 0 Å². The largest absolute Gasteiger partial charge is 0.122 e. The molecule has 15 heavy (non-hydrogen) atoms. The van der Waals surface area contributed by atoms with E-state index in [1.54, 1.807) is 0 Å². The van der Waals surface area contributed by atoms with E-state index in [-0.39, 0.29) is 0 Å². The molecule has 0 bridgehead atoms. The minimum atomic E-state index is 1.06. The van der Waals surface area contributed by atoms with Crippen molar-refractivity contribution in [2.24, 2.45) is 0 Å². The fourth-order valence-electron chi connectivity index (χ4n) is 1.23. The van der Waals surface area contributed by atoms with Crippen LogP contribution in [0.4, 0.5) is 0 Å². The highest BCUT2D eigenvalue weighted by molar-refractivity contribution is 7.99. The van der Waals surface area contributed by atoms with Gasteiger partial charge in [-0.05, 0) is 31.9 Å². The molecule has 0 aromatic heterocycles. The number of thioether (sulfide) groups is 1. The predicted molar refractivity (Wildman–Crippen MR) is 70.4 cm³/mol. The lowest BCUT2D eigenvalue weighted by Gasteiger charge is -1.99. The summed E-state index contributed by atoms with van der Waals surface area (Å²) in [6.45, 7) is 5.92. The lowest BCUT2D eigenvalue weighted by atomic mass is 10.1. The summed E-state index contributed by atoms with van der Waals surface area (Å²) in [6, 6.07) is 10.5. The highest BCUT2D eigenvalue weighted by atomic mass is 32.2. The third kappa shape index (κ3) is 5.48. The van der Waals surface area contributed by atoms with E-state index in [2.05, 4.69) is 49.9 Å². The standard InChI is InChI=1S/C14H18S/c1-3-4-8-13(2)11-12-15-14-9-6-5-7-10-14/h3,5-7,9-11H,1,4,8,12H2,2H3/b13-11+. The Bertz CT molecular complexity index is 311. The van der Waals surface area contributed by atoms with Gasteiger partial charge in [-0.2, -0.15) is 0 Å². The van der Waals surface area contributed by atoms with Crippen LogP contribution in [0.5, 0.6) is 0 Å². The average Bonchev–Trinajstić information content (AvgIpc) is 2.28. The molecule has 0 amide bonds. The smallest absolute Gasteiger partial charge is 0.0163 e. The highest BCUT2D eigenvalue weighted by Crippen LogP contribution is 2.18. The molecule has 0 aliphatic carbocycles. The average molecular weight is 218 g/mol. The SMILES string of the molecule is C=CCC/C(C)=C/CSc1ccccc1. The second-order valence-electron chi connectivity index (χ2n) is 3.50. The van der Waals surface area contributed by atoms with Gasteiger partial charge in [-0.1, -0.05) is 35.9 Å². The minimum absolute atomic E-state index is 1.06. The summed E-state index contributed by atoms with van der Waals surface area (Å²) in [6.07, 6.45) is 6.50. The van der Waals surface area contributed by atoms with E-state index in [1.165, 1.54) is 10.5 Å². The normalized spacial score (nSPS) is 11.4. The molecule has 0 saturated heterocycles. The Kier molecular flexibility index (Phi) is 5.94. The Morgan fingerprint density at radius 2 is 2.07 bits per heavy atom. The van der Waals surface area contributed by atoms with Crippen LogP contribution in [0.25, 0.3) is 0 Å². The van der Waals surface area contributed by atoms with E-state index in [4.69, 9.17) is 0 Å². The molecule has 1 aromatic rings. The number of rotatable bonds is 6. The summed E-state index contributed by atoms with van der Waals surface area (Å²) >= 11 is 1.88. The van der Waals surface area contributed by atoms with Gasteiger partial charge in [0.25, 0.3) is 0 Å². The second kappa shape index (κ2) is 7.36. The quantitative estimate of drug-likeness (QED) is 0.493. The molecule has 0 saturated carbocycles. The van der Waals surface area contributed by atoms with Crippen molar-refractivity contribution in [3.05, 3.63) is 54.6 Å². The van der Waals surface area contributed by atoms with Gasteiger partial charge < -0.3 is 0 Å². The third-order valence-corrected chi connectivity index (χ3v) is 3.11. The maximum absolute atomic E-state index is 3.73. The van der Waals surface area contributed by atoms with Gasteiger partial charge in [-0.15, -0.1) is 18.3 Å². The van der Waals surface area contributed by atoms with Crippen molar-refractivity contribution >= 4 is 11.8 Å². The lowest BCUT2D eigenvalue weighted by molar-refractivity contribution is 0.977. The number of benzene rings is 1. The van der Waals surface area contributed by atoms with Crippen LogP contribution >= 0.6 is 11.8 Å². The number of allylic oxidation sites excluding steroid dienone is 2. The van der Waals surface area contributed by atoms with E-state index < -0.39 is 0 Å². The Morgan fingerprint density at radius 3 is 2.73 bits per heavy atom. The van der Waals surface area contributed by atoms with E-state index >= 15 is 0 Å². The summed E-state index contributed by atoms with van der Waals surface area (Å²) in [7, 11) is 0. The van der Waals surface area contributed by atoms with Crippen LogP contribution in [0.15, 0.2) is 59.5 Å². The Labute approximate surface area is 97.1 Å². The molecule has 1 heteroatoms. The van der Waals surface area contributed by atoms with Gasteiger partial charge >= 0.3 is 0 Å². The third-order valence-electron chi connectivity index (χ3n) is 2.17. The molecule has 0 aliphatic heterocycles. The van der Waals surface area contributed by atoms with E-state index in [0.717, 1.165) is 18.6 Å². The minimum Gasteiger partial charge on any atom is -0.122 e. The molecule has 0 fully saturated rings. The summed E-state index contributed by atoms with van der Waals surface area (Å²) in [5.74, 6) is 1.06. The number of hydrogen-bond donors (Lipinski definition) is 0. The monoisotopic (exact) mass is 218 g/mol. The first-order chi connectivity index (χ1) is 7.33. The van der Waals surface area contributed by atoms with E-state index in [1.807, 2.05) is 17.8 Å². The van der Waals surface area contributed by atoms with Crippen LogP contribution in [0, 0.1) is 0 Å². The first-order valence-electron chi connectivity index (χ1n) is 5.27. The summed E-state index contributed by atoms with van der Waals surface area (Å²) in [5, 5.41) is 0. The van der Waals surface area contributed by atoms with Gasteiger partial charge in [-0.25, -0.2) is 0 Å². The molecule has 0 aliphatic rings. The van der Waals surface area contributed by atoms with Crippen molar-refractivity contribution < 1.29 is 0 Å². The zero-order valence-electron chi connectivity index (χ0n) is 9.28. The van der Waals surface area contributed by atoms with Crippen LogP contribution < -0.4 is 0 Å². The van der Waals surface area contributed by atoms with Gasteiger partial charge in [0.15, 0.2) is 0 Å². The van der Waals surface area contributed by atoms with Gasteiger partial charge in [0, 0.05) is 10.6 Å². The Balaban J connectivity index is 2.29. The molecule has 80 valence electrons. The van der Waals surface area contributed by atoms with Crippen molar-refractivity contribution in [3.8, 4) is 0 Å². The zero-order valence-corrected chi connectivity index (χ0v) is 10.1. The highest BCUT2D eigenvalue weighted by Gasteiger charge is 1.91. The maximum atomic E-state index is 3.73. The molecular weight excluding hydrogens is 200 g/mol. The van der Waals surface area contributed by atoms with Crippen molar-refractivity contribution in [1.29, 1.82) is 0 Å². The zero-order chi connectivity index (χ0) is 10.9. The lowest BCUT2D eigenvalue weighted by Crippen LogP contribution is -1.79. The fraction of sp³-hybridized carbons (Fsp3) is 0.286. The Hall–Kier alpha value is -0.950. The van der Waals surface area contributed by atoms with Crippen LogP contribution in [0.3, 0.4) is 0 Å². The first kappa shape index (κ1) is 12.1. The Morgan fingerprint density at radius 1 is 1.33 bits per heavy atom. The summed E-state index contributed by atoms with van der Waals surface area (Å²) in [5.41, 5.74) is 1.46. The fourth-order valence-corrected chi connectivity index (χ4v) is 2.14. The van der Waals surface area contributed by atoms with E-state index in [0.29, 0.717) is 0 Å². The predicted octanol–water partition coefficient (Wildman–Crippen LogP) is 4.69. The van der Waals surface area contributed by atoms with Crippen molar-refractivity contribution in [1.82, 2.24) is 0 Å². The number of hydrogen-bond acceptors (Lipinski definition) is 1. The van der Waals surface area contributed by atoms with E-state index in [9.17, 15) is 0 Å². The van der Waals surface area contributed by atoms with Crippen LogP contribution in [-0.2, 0) is 0 Å². The molecular formula is C14H18S. The molecule has 0 N–H and O–H groups in total.